The second-order valence-electron chi connectivity index (χ2n) is 5.04. The van der Waals surface area contributed by atoms with Gasteiger partial charge in [0, 0.05) is 16.7 Å². The predicted molar refractivity (Wildman–Crippen MR) is 78.6 cm³/mol. The highest BCUT2D eigenvalue weighted by Gasteiger charge is 2.24. The number of hydrogen-bond acceptors (Lipinski definition) is 4. The fraction of sp³-hybridized carbons (Fsp3) is 0.538. The van der Waals surface area contributed by atoms with Crippen molar-refractivity contribution in [1.29, 1.82) is 0 Å². The third-order valence-corrected chi connectivity index (χ3v) is 4.10. The number of aromatic nitrogens is 1. The lowest BCUT2D eigenvalue weighted by Gasteiger charge is -2.29. The molecular formula is C13H19BrN4O. The Kier molecular flexibility index (Phi) is 4.76. The molecule has 19 heavy (non-hydrogen) atoms. The number of nitrogens with one attached hydrogen (secondary N) is 2. The molecule has 0 spiro atoms. The van der Waals surface area contributed by atoms with E-state index >= 15 is 0 Å². The average molecular weight is 327 g/mol. The van der Waals surface area contributed by atoms with Crippen LogP contribution in [0.4, 0.5) is 5.82 Å². The Labute approximate surface area is 121 Å². The molecule has 1 aliphatic rings. The first-order valence-corrected chi connectivity index (χ1v) is 7.34. The number of anilines is 1. The van der Waals surface area contributed by atoms with Crippen LogP contribution in [0, 0.1) is 5.92 Å². The van der Waals surface area contributed by atoms with Crippen molar-refractivity contribution >= 4 is 27.7 Å². The van der Waals surface area contributed by atoms with Crippen molar-refractivity contribution in [3.63, 3.8) is 0 Å². The number of pyridine rings is 1. The topological polar surface area (TPSA) is 80.0 Å². The molecular weight excluding hydrogens is 308 g/mol. The van der Waals surface area contributed by atoms with E-state index in [4.69, 9.17) is 5.84 Å². The molecule has 0 radical (unpaired) electrons. The molecule has 1 amide bonds. The summed E-state index contributed by atoms with van der Waals surface area (Å²) in [4.78, 5) is 16.4. The molecule has 5 nitrogen and oxygen atoms in total. The fourth-order valence-corrected chi connectivity index (χ4v) is 2.84. The van der Waals surface area contributed by atoms with E-state index in [2.05, 4.69) is 38.6 Å². The number of hydrogen-bond donors (Lipinski definition) is 3. The van der Waals surface area contributed by atoms with E-state index in [1.807, 2.05) is 0 Å². The van der Waals surface area contributed by atoms with Gasteiger partial charge >= 0.3 is 0 Å². The van der Waals surface area contributed by atoms with Gasteiger partial charge in [0.1, 0.15) is 0 Å². The van der Waals surface area contributed by atoms with Crippen molar-refractivity contribution < 1.29 is 4.79 Å². The maximum Gasteiger partial charge on any atom is 0.255 e. The van der Waals surface area contributed by atoms with Gasteiger partial charge in [0.25, 0.3) is 5.91 Å². The zero-order valence-corrected chi connectivity index (χ0v) is 12.5. The molecule has 104 valence electrons. The molecule has 1 aromatic heterocycles. The Bertz CT molecular complexity index is 466. The highest BCUT2D eigenvalue weighted by Crippen LogP contribution is 2.25. The lowest BCUT2D eigenvalue weighted by atomic mass is 9.86. The highest BCUT2D eigenvalue weighted by molar-refractivity contribution is 9.10. The number of hydrazine groups is 1. The molecule has 2 unspecified atom stereocenters. The van der Waals surface area contributed by atoms with Gasteiger partial charge in [0.15, 0.2) is 5.82 Å². The standard InChI is InChI=1S/C13H19BrN4O/c1-8-4-2-3-5-11(8)17-13(19)10-6-9(14)7-16-12(10)18-15/h6-8,11H,2-5,15H2,1H3,(H,16,18)(H,17,19). The van der Waals surface area contributed by atoms with Gasteiger partial charge in [-0.15, -0.1) is 0 Å². The Morgan fingerprint density at radius 1 is 1.47 bits per heavy atom. The summed E-state index contributed by atoms with van der Waals surface area (Å²) in [7, 11) is 0. The van der Waals surface area contributed by atoms with Crippen LogP contribution in [0.25, 0.3) is 0 Å². The summed E-state index contributed by atoms with van der Waals surface area (Å²) in [5.74, 6) is 6.18. The van der Waals surface area contributed by atoms with Crippen molar-refractivity contribution in [1.82, 2.24) is 10.3 Å². The van der Waals surface area contributed by atoms with Crippen LogP contribution in [0.3, 0.4) is 0 Å². The lowest BCUT2D eigenvalue weighted by molar-refractivity contribution is 0.0910. The zero-order chi connectivity index (χ0) is 13.8. The van der Waals surface area contributed by atoms with E-state index in [1.54, 1.807) is 12.3 Å². The van der Waals surface area contributed by atoms with Gasteiger partial charge in [-0.05, 0) is 40.8 Å². The number of carbonyl (C=O) groups is 1. The molecule has 0 bridgehead atoms. The van der Waals surface area contributed by atoms with Crippen molar-refractivity contribution in [2.45, 2.75) is 38.6 Å². The molecule has 1 fully saturated rings. The first-order valence-electron chi connectivity index (χ1n) is 6.55. The molecule has 1 saturated carbocycles. The maximum absolute atomic E-state index is 12.3. The van der Waals surface area contributed by atoms with Gasteiger partial charge < -0.3 is 10.7 Å². The highest BCUT2D eigenvalue weighted by atomic mass is 79.9. The largest absolute Gasteiger partial charge is 0.349 e. The number of rotatable bonds is 3. The first-order chi connectivity index (χ1) is 9.11. The SMILES string of the molecule is CC1CCCCC1NC(=O)c1cc(Br)cnc1NN. The summed E-state index contributed by atoms with van der Waals surface area (Å²) in [6.07, 6.45) is 6.24. The Morgan fingerprint density at radius 3 is 2.89 bits per heavy atom. The molecule has 4 N–H and O–H groups in total. The van der Waals surface area contributed by atoms with Crippen LogP contribution in [0.15, 0.2) is 16.7 Å². The van der Waals surface area contributed by atoms with Crippen LogP contribution in [0.5, 0.6) is 0 Å². The molecule has 1 aliphatic carbocycles. The smallest absolute Gasteiger partial charge is 0.255 e. The van der Waals surface area contributed by atoms with Crippen LogP contribution in [-0.2, 0) is 0 Å². The number of halogens is 1. The fourth-order valence-electron chi connectivity index (χ4n) is 2.50. The van der Waals surface area contributed by atoms with Gasteiger partial charge in [-0.1, -0.05) is 19.8 Å². The Hall–Kier alpha value is -1.14. The normalized spacial score (nSPS) is 22.9. The summed E-state index contributed by atoms with van der Waals surface area (Å²) < 4.78 is 0.758. The molecule has 2 atom stereocenters. The zero-order valence-electron chi connectivity index (χ0n) is 10.9. The predicted octanol–water partition coefficient (Wildman–Crippen LogP) is 2.44. The van der Waals surface area contributed by atoms with Crippen LogP contribution in [0.2, 0.25) is 0 Å². The molecule has 2 rings (SSSR count). The summed E-state index contributed by atoms with van der Waals surface area (Å²) in [5, 5.41) is 3.09. The minimum absolute atomic E-state index is 0.125. The van der Waals surface area contributed by atoms with E-state index in [9.17, 15) is 4.79 Å². The van der Waals surface area contributed by atoms with Gasteiger partial charge in [0.05, 0.1) is 5.56 Å². The Morgan fingerprint density at radius 2 is 2.21 bits per heavy atom. The minimum Gasteiger partial charge on any atom is -0.349 e. The molecule has 1 aromatic rings. The molecule has 6 heteroatoms. The molecule has 0 saturated heterocycles. The van der Waals surface area contributed by atoms with Gasteiger partial charge in [-0.25, -0.2) is 10.8 Å². The van der Waals surface area contributed by atoms with E-state index in [1.165, 1.54) is 19.3 Å². The van der Waals surface area contributed by atoms with E-state index in [-0.39, 0.29) is 11.9 Å². The van der Waals surface area contributed by atoms with E-state index in [0.29, 0.717) is 17.3 Å². The number of nitrogens with two attached hydrogens (primary N) is 1. The van der Waals surface area contributed by atoms with Crippen molar-refractivity contribution in [2.24, 2.45) is 11.8 Å². The van der Waals surface area contributed by atoms with Crippen molar-refractivity contribution in [3.8, 4) is 0 Å². The van der Waals surface area contributed by atoms with Crippen LogP contribution >= 0.6 is 15.9 Å². The summed E-state index contributed by atoms with van der Waals surface area (Å²) in [6, 6.07) is 1.97. The van der Waals surface area contributed by atoms with Crippen molar-refractivity contribution in [3.05, 3.63) is 22.3 Å². The van der Waals surface area contributed by atoms with Gasteiger partial charge in [-0.3, -0.25) is 4.79 Å². The molecule has 1 heterocycles. The molecule has 0 aliphatic heterocycles. The van der Waals surface area contributed by atoms with E-state index in [0.717, 1.165) is 10.9 Å². The minimum atomic E-state index is -0.125. The van der Waals surface area contributed by atoms with Gasteiger partial charge in [-0.2, -0.15) is 0 Å². The Balaban J connectivity index is 2.13. The number of nitrogens with zero attached hydrogens (tertiary/aromatic N) is 1. The third kappa shape index (κ3) is 3.45. The first kappa shape index (κ1) is 14.3. The van der Waals surface area contributed by atoms with E-state index < -0.39 is 0 Å². The average Bonchev–Trinajstić information content (AvgIpc) is 2.41. The number of carbonyl (C=O) groups excluding carboxylic acids is 1. The number of nitrogen functional groups attached to an aromatic ring is 1. The van der Waals surface area contributed by atoms with Crippen LogP contribution < -0.4 is 16.6 Å². The van der Waals surface area contributed by atoms with Crippen molar-refractivity contribution in [2.75, 3.05) is 5.43 Å². The third-order valence-electron chi connectivity index (χ3n) is 3.66. The van der Waals surface area contributed by atoms with Gasteiger partial charge in [0.2, 0.25) is 0 Å². The monoisotopic (exact) mass is 326 g/mol. The lowest BCUT2D eigenvalue weighted by Crippen LogP contribution is -2.41. The second-order valence-corrected chi connectivity index (χ2v) is 5.95. The summed E-state index contributed by atoms with van der Waals surface area (Å²) in [6.45, 7) is 2.19. The summed E-state index contributed by atoms with van der Waals surface area (Å²) >= 11 is 3.32. The second kappa shape index (κ2) is 6.34. The van der Waals surface area contributed by atoms with Crippen LogP contribution in [0.1, 0.15) is 43.0 Å². The number of amides is 1. The summed E-state index contributed by atoms with van der Waals surface area (Å²) in [5.41, 5.74) is 2.93. The van der Waals surface area contributed by atoms with Crippen LogP contribution in [-0.4, -0.2) is 16.9 Å². The maximum atomic E-state index is 12.3. The molecule has 0 aromatic carbocycles. The quantitative estimate of drug-likeness (QED) is 0.588.